The molecule has 1 aromatic carbocycles. The van der Waals surface area contributed by atoms with Crippen LogP contribution in [0.1, 0.15) is 30.9 Å². The number of nitrogens with one attached hydrogen (secondary N) is 2. The fourth-order valence-electron chi connectivity index (χ4n) is 3.63. The van der Waals surface area contributed by atoms with Crippen molar-refractivity contribution in [1.29, 1.82) is 0 Å². The number of hydrogen-bond donors (Lipinski definition) is 2. The summed E-state index contributed by atoms with van der Waals surface area (Å²) in [4.78, 5) is 11.9. The molecule has 5 rings (SSSR count). The van der Waals surface area contributed by atoms with Crippen LogP contribution in [-0.4, -0.2) is 28.2 Å². The van der Waals surface area contributed by atoms with E-state index in [-0.39, 0.29) is 6.04 Å². The molecule has 1 fully saturated rings. The van der Waals surface area contributed by atoms with Crippen LogP contribution < -0.4 is 14.8 Å². The van der Waals surface area contributed by atoms with Crippen molar-refractivity contribution < 1.29 is 9.47 Å². The standard InChI is InChI=1S/C19H20N4O2/c1-2-12(3-1)17(13-4-5-15-16(10-13)25-9-8-24-15)23-19-14-6-7-20-18(14)21-11-22-19/h4-7,10-12,17H,1-3,8-9H2,(H2,20,21,22,23)/t17-/m1/s1. The van der Waals surface area contributed by atoms with E-state index in [0.717, 1.165) is 28.4 Å². The average Bonchev–Trinajstić information content (AvgIpc) is 3.09. The number of aromatic nitrogens is 3. The molecule has 1 atom stereocenters. The largest absolute Gasteiger partial charge is 0.486 e. The molecular formula is C19H20N4O2. The Bertz CT molecular complexity index is 903. The predicted octanol–water partition coefficient (Wildman–Crippen LogP) is 3.68. The highest BCUT2D eigenvalue weighted by molar-refractivity contribution is 5.86. The molecule has 3 heterocycles. The Morgan fingerprint density at radius 2 is 1.96 bits per heavy atom. The van der Waals surface area contributed by atoms with E-state index < -0.39 is 0 Å². The Morgan fingerprint density at radius 1 is 1.08 bits per heavy atom. The maximum absolute atomic E-state index is 5.77. The third-order valence-electron chi connectivity index (χ3n) is 5.19. The number of anilines is 1. The molecule has 0 spiro atoms. The van der Waals surface area contributed by atoms with Crippen molar-refractivity contribution in [2.75, 3.05) is 18.5 Å². The summed E-state index contributed by atoms with van der Waals surface area (Å²) >= 11 is 0. The molecule has 25 heavy (non-hydrogen) atoms. The van der Waals surface area contributed by atoms with Gasteiger partial charge in [-0.2, -0.15) is 0 Å². The van der Waals surface area contributed by atoms with E-state index in [1.807, 2.05) is 18.3 Å². The fourth-order valence-corrected chi connectivity index (χ4v) is 3.63. The Balaban J connectivity index is 1.51. The molecule has 6 nitrogen and oxygen atoms in total. The SMILES string of the molecule is c1nc(N[C@@H](c2ccc3c(c2)OCCO3)C2CCC2)c2cc[nH]c2n1. The third-order valence-corrected chi connectivity index (χ3v) is 5.19. The number of rotatable bonds is 4. The number of nitrogens with zero attached hydrogens (tertiary/aromatic N) is 2. The van der Waals surface area contributed by atoms with Gasteiger partial charge in [-0.15, -0.1) is 0 Å². The van der Waals surface area contributed by atoms with Crippen molar-refractivity contribution in [2.45, 2.75) is 25.3 Å². The first-order valence-corrected chi connectivity index (χ1v) is 8.83. The minimum absolute atomic E-state index is 0.206. The Kier molecular flexibility index (Phi) is 3.47. The van der Waals surface area contributed by atoms with E-state index in [9.17, 15) is 0 Å². The third kappa shape index (κ3) is 2.58. The minimum atomic E-state index is 0.206. The number of ether oxygens (including phenoxy) is 2. The van der Waals surface area contributed by atoms with Gasteiger partial charge < -0.3 is 19.8 Å². The number of H-pyrrole nitrogens is 1. The highest BCUT2D eigenvalue weighted by Crippen LogP contribution is 2.42. The summed E-state index contributed by atoms with van der Waals surface area (Å²) in [6, 6.07) is 8.49. The summed E-state index contributed by atoms with van der Waals surface area (Å²) in [7, 11) is 0. The van der Waals surface area contributed by atoms with E-state index in [2.05, 4.69) is 32.4 Å². The lowest BCUT2D eigenvalue weighted by Crippen LogP contribution is -2.27. The van der Waals surface area contributed by atoms with Crippen LogP contribution in [0, 0.1) is 5.92 Å². The second-order valence-electron chi connectivity index (χ2n) is 6.68. The zero-order valence-electron chi connectivity index (χ0n) is 13.9. The van der Waals surface area contributed by atoms with Crippen molar-refractivity contribution in [3.63, 3.8) is 0 Å². The zero-order valence-corrected chi connectivity index (χ0v) is 13.9. The monoisotopic (exact) mass is 336 g/mol. The summed E-state index contributed by atoms with van der Waals surface area (Å²) in [5, 5.41) is 4.68. The van der Waals surface area contributed by atoms with Gasteiger partial charge in [0.25, 0.3) is 0 Å². The number of fused-ring (bicyclic) bond motifs is 2. The maximum Gasteiger partial charge on any atom is 0.161 e. The van der Waals surface area contributed by atoms with Crippen molar-refractivity contribution >= 4 is 16.9 Å². The van der Waals surface area contributed by atoms with Crippen LogP contribution in [0.5, 0.6) is 11.5 Å². The highest BCUT2D eigenvalue weighted by atomic mass is 16.6. The van der Waals surface area contributed by atoms with Gasteiger partial charge in [-0.25, -0.2) is 9.97 Å². The van der Waals surface area contributed by atoms with Gasteiger partial charge in [0, 0.05) is 6.20 Å². The molecule has 2 N–H and O–H groups in total. The van der Waals surface area contributed by atoms with Crippen molar-refractivity contribution in [2.24, 2.45) is 5.92 Å². The van der Waals surface area contributed by atoms with Crippen LogP contribution >= 0.6 is 0 Å². The molecule has 2 aromatic heterocycles. The van der Waals surface area contributed by atoms with E-state index in [1.54, 1.807) is 6.33 Å². The number of benzene rings is 1. The van der Waals surface area contributed by atoms with Gasteiger partial charge in [0.05, 0.1) is 11.4 Å². The molecule has 0 saturated heterocycles. The zero-order chi connectivity index (χ0) is 16.6. The van der Waals surface area contributed by atoms with Crippen LogP contribution in [-0.2, 0) is 0 Å². The van der Waals surface area contributed by atoms with E-state index in [1.165, 1.54) is 24.8 Å². The van der Waals surface area contributed by atoms with Gasteiger partial charge in [0.15, 0.2) is 11.5 Å². The lowest BCUT2D eigenvalue weighted by molar-refractivity contribution is 0.171. The summed E-state index contributed by atoms with van der Waals surface area (Å²) in [5.41, 5.74) is 2.07. The van der Waals surface area contributed by atoms with Crippen molar-refractivity contribution in [1.82, 2.24) is 15.0 Å². The molecule has 2 aliphatic rings. The molecule has 1 aliphatic heterocycles. The smallest absolute Gasteiger partial charge is 0.161 e. The molecule has 0 radical (unpaired) electrons. The summed E-state index contributed by atoms with van der Waals surface area (Å²) < 4.78 is 11.4. The molecule has 6 heteroatoms. The van der Waals surface area contributed by atoms with Crippen molar-refractivity contribution in [3.05, 3.63) is 42.4 Å². The molecule has 128 valence electrons. The molecule has 0 amide bonds. The van der Waals surface area contributed by atoms with Crippen LogP contribution in [0.4, 0.5) is 5.82 Å². The quantitative estimate of drug-likeness (QED) is 0.760. The van der Waals surface area contributed by atoms with E-state index in [0.29, 0.717) is 19.1 Å². The fraction of sp³-hybridized carbons (Fsp3) is 0.368. The molecule has 0 bridgehead atoms. The second kappa shape index (κ2) is 5.95. The average molecular weight is 336 g/mol. The molecule has 3 aromatic rings. The van der Waals surface area contributed by atoms with Crippen LogP contribution in [0.3, 0.4) is 0 Å². The molecule has 1 saturated carbocycles. The summed E-state index contributed by atoms with van der Waals surface area (Å²) in [5.74, 6) is 3.14. The van der Waals surface area contributed by atoms with Crippen LogP contribution in [0.2, 0.25) is 0 Å². The Labute approximate surface area is 145 Å². The van der Waals surface area contributed by atoms with Gasteiger partial charge in [-0.3, -0.25) is 0 Å². The maximum atomic E-state index is 5.77. The van der Waals surface area contributed by atoms with E-state index in [4.69, 9.17) is 9.47 Å². The highest BCUT2D eigenvalue weighted by Gasteiger charge is 2.30. The van der Waals surface area contributed by atoms with Crippen LogP contribution in [0.15, 0.2) is 36.8 Å². The topological polar surface area (TPSA) is 72.1 Å². The first kappa shape index (κ1) is 14.6. The van der Waals surface area contributed by atoms with Crippen molar-refractivity contribution in [3.8, 4) is 11.5 Å². The van der Waals surface area contributed by atoms with E-state index >= 15 is 0 Å². The molecular weight excluding hydrogens is 316 g/mol. The first-order chi connectivity index (χ1) is 12.4. The normalized spacial score (nSPS) is 17.9. The van der Waals surface area contributed by atoms with Gasteiger partial charge in [0.2, 0.25) is 0 Å². The summed E-state index contributed by atoms with van der Waals surface area (Å²) in [6.07, 6.45) is 7.24. The molecule has 0 unspecified atom stereocenters. The first-order valence-electron chi connectivity index (χ1n) is 8.83. The Morgan fingerprint density at radius 3 is 2.80 bits per heavy atom. The summed E-state index contributed by atoms with van der Waals surface area (Å²) in [6.45, 7) is 1.22. The van der Waals surface area contributed by atoms with Crippen LogP contribution in [0.25, 0.3) is 11.0 Å². The molecule has 1 aliphatic carbocycles. The minimum Gasteiger partial charge on any atom is -0.486 e. The lowest BCUT2D eigenvalue weighted by Gasteiger charge is -2.35. The Hall–Kier alpha value is -2.76. The van der Waals surface area contributed by atoms with Gasteiger partial charge in [0.1, 0.15) is 31.0 Å². The number of hydrogen-bond acceptors (Lipinski definition) is 5. The van der Waals surface area contributed by atoms with Gasteiger partial charge in [-0.1, -0.05) is 12.5 Å². The second-order valence-corrected chi connectivity index (χ2v) is 6.68. The van der Waals surface area contributed by atoms with Gasteiger partial charge >= 0.3 is 0 Å². The lowest BCUT2D eigenvalue weighted by atomic mass is 9.77. The predicted molar refractivity (Wildman–Crippen MR) is 95.0 cm³/mol. The van der Waals surface area contributed by atoms with Gasteiger partial charge in [-0.05, 0) is 42.5 Å². The number of aromatic amines is 1.